The first-order valence-corrected chi connectivity index (χ1v) is 9.20. The number of hydrogen-bond donors (Lipinski definition) is 2. The van der Waals surface area contributed by atoms with Gasteiger partial charge in [-0.2, -0.15) is 5.10 Å². The van der Waals surface area contributed by atoms with Gasteiger partial charge in [-0.3, -0.25) is 9.67 Å². The number of benzene rings is 1. The summed E-state index contributed by atoms with van der Waals surface area (Å²) in [5, 5.41) is 10.8. The van der Waals surface area contributed by atoms with Crippen molar-refractivity contribution in [2.24, 2.45) is 12.0 Å². The van der Waals surface area contributed by atoms with Gasteiger partial charge in [-0.05, 0) is 43.0 Å². The Bertz CT molecular complexity index is 788. The molecule has 1 saturated heterocycles. The second kappa shape index (κ2) is 8.83. The predicted octanol–water partition coefficient (Wildman–Crippen LogP) is 2.07. The minimum absolute atomic E-state index is 0.260. The molecule has 1 aromatic heterocycles. The molecule has 0 spiro atoms. The van der Waals surface area contributed by atoms with Gasteiger partial charge in [0.05, 0.1) is 11.9 Å². The van der Waals surface area contributed by atoms with E-state index in [4.69, 9.17) is 0 Å². The third-order valence-electron chi connectivity index (χ3n) is 4.74. The Balaban J connectivity index is 1.50. The Labute approximate surface area is 158 Å². The van der Waals surface area contributed by atoms with Gasteiger partial charge in [-0.15, -0.1) is 0 Å². The summed E-state index contributed by atoms with van der Waals surface area (Å²) in [5.74, 6) is -0.142. The molecule has 146 valence electrons. The number of aliphatic imine (C=N–C) groups is 1. The topological polar surface area (TPSA) is 57.5 Å². The number of aromatic nitrogens is 2. The fourth-order valence-electron chi connectivity index (χ4n) is 3.34. The van der Waals surface area contributed by atoms with E-state index >= 15 is 0 Å². The molecular formula is C19H26F2N6. The van der Waals surface area contributed by atoms with Gasteiger partial charge in [0.25, 0.3) is 0 Å². The quantitative estimate of drug-likeness (QED) is 0.620. The normalized spacial score (nSPS) is 17.9. The fraction of sp³-hybridized carbons (Fsp3) is 0.474. The maximum absolute atomic E-state index is 13.7. The van der Waals surface area contributed by atoms with Crippen molar-refractivity contribution in [1.29, 1.82) is 0 Å². The third-order valence-corrected chi connectivity index (χ3v) is 4.74. The third kappa shape index (κ3) is 5.18. The summed E-state index contributed by atoms with van der Waals surface area (Å²) in [6.07, 6.45) is 6.41. The highest BCUT2D eigenvalue weighted by Gasteiger charge is 2.21. The second-order valence-corrected chi connectivity index (χ2v) is 6.79. The second-order valence-electron chi connectivity index (χ2n) is 6.79. The summed E-state index contributed by atoms with van der Waals surface area (Å²) in [5.41, 5.74) is 1.48. The lowest BCUT2D eigenvalue weighted by atomic mass is 10.1. The summed E-state index contributed by atoms with van der Waals surface area (Å²) in [7, 11) is 3.62. The lowest BCUT2D eigenvalue weighted by molar-refractivity contribution is 0.468. The Morgan fingerprint density at radius 3 is 2.96 bits per heavy atom. The summed E-state index contributed by atoms with van der Waals surface area (Å²) in [6.45, 7) is 2.35. The molecule has 1 aliphatic rings. The zero-order chi connectivity index (χ0) is 19.2. The van der Waals surface area contributed by atoms with Crippen LogP contribution in [-0.2, 0) is 13.5 Å². The Morgan fingerprint density at radius 1 is 1.37 bits per heavy atom. The number of aryl methyl sites for hydroxylation is 1. The molecule has 8 heteroatoms. The molecule has 2 N–H and O–H groups in total. The van der Waals surface area contributed by atoms with Crippen LogP contribution in [0, 0.1) is 11.6 Å². The van der Waals surface area contributed by atoms with E-state index in [0.717, 1.165) is 43.8 Å². The smallest absolute Gasteiger partial charge is 0.191 e. The highest BCUT2D eigenvalue weighted by atomic mass is 19.1. The van der Waals surface area contributed by atoms with Crippen molar-refractivity contribution in [3.8, 4) is 0 Å². The minimum Gasteiger partial charge on any atom is -0.367 e. The zero-order valence-electron chi connectivity index (χ0n) is 15.8. The van der Waals surface area contributed by atoms with Crippen molar-refractivity contribution in [2.75, 3.05) is 31.6 Å². The molecule has 0 radical (unpaired) electrons. The molecule has 3 rings (SSSR count). The number of rotatable bonds is 5. The van der Waals surface area contributed by atoms with Gasteiger partial charge in [0.1, 0.15) is 11.6 Å². The van der Waals surface area contributed by atoms with Crippen LogP contribution in [0.15, 0.2) is 35.6 Å². The molecule has 1 fully saturated rings. The van der Waals surface area contributed by atoms with E-state index in [1.165, 1.54) is 6.07 Å². The van der Waals surface area contributed by atoms with Gasteiger partial charge < -0.3 is 15.5 Å². The molecule has 0 amide bonds. The summed E-state index contributed by atoms with van der Waals surface area (Å²) in [4.78, 5) is 6.56. The molecule has 0 saturated carbocycles. The molecule has 2 heterocycles. The van der Waals surface area contributed by atoms with E-state index in [-0.39, 0.29) is 11.9 Å². The molecule has 1 aromatic carbocycles. The maximum Gasteiger partial charge on any atom is 0.191 e. The molecule has 0 aliphatic carbocycles. The Kier molecular flexibility index (Phi) is 6.26. The number of piperidine rings is 1. The maximum atomic E-state index is 13.7. The van der Waals surface area contributed by atoms with Crippen LogP contribution >= 0.6 is 0 Å². The average Bonchev–Trinajstić information content (AvgIpc) is 3.10. The van der Waals surface area contributed by atoms with Crippen LogP contribution in [0.4, 0.5) is 14.5 Å². The van der Waals surface area contributed by atoms with Gasteiger partial charge >= 0.3 is 0 Å². The number of nitrogens with zero attached hydrogens (tertiary/aromatic N) is 4. The molecular weight excluding hydrogens is 350 g/mol. The fourth-order valence-corrected chi connectivity index (χ4v) is 3.34. The molecule has 6 nitrogen and oxygen atoms in total. The van der Waals surface area contributed by atoms with Crippen molar-refractivity contribution in [3.63, 3.8) is 0 Å². The van der Waals surface area contributed by atoms with Crippen LogP contribution in [0.3, 0.4) is 0 Å². The van der Waals surface area contributed by atoms with Crippen molar-refractivity contribution in [2.45, 2.75) is 25.3 Å². The lowest BCUT2D eigenvalue weighted by Crippen LogP contribution is -2.51. The molecule has 0 bridgehead atoms. The largest absolute Gasteiger partial charge is 0.367 e. The van der Waals surface area contributed by atoms with E-state index in [0.29, 0.717) is 24.5 Å². The summed E-state index contributed by atoms with van der Waals surface area (Å²) < 4.78 is 28.8. The van der Waals surface area contributed by atoms with Gasteiger partial charge in [-0.1, -0.05) is 0 Å². The zero-order valence-corrected chi connectivity index (χ0v) is 15.8. The van der Waals surface area contributed by atoms with E-state index in [2.05, 4.69) is 25.6 Å². The first-order valence-electron chi connectivity index (χ1n) is 9.20. The highest BCUT2D eigenvalue weighted by Crippen LogP contribution is 2.19. The van der Waals surface area contributed by atoms with E-state index < -0.39 is 5.82 Å². The van der Waals surface area contributed by atoms with Crippen LogP contribution in [0.5, 0.6) is 0 Å². The number of nitrogens with one attached hydrogen (secondary N) is 2. The highest BCUT2D eigenvalue weighted by molar-refractivity contribution is 5.80. The Hall–Kier alpha value is -2.64. The lowest BCUT2D eigenvalue weighted by Gasteiger charge is -2.34. The summed E-state index contributed by atoms with van der Waals surface area (Å²) in [6, 6.07) is 3.78. The van der Waals surface area contributed by atoms with Gasteiger partial charge in [0.15, 0.2) is 5.96 Å². The van der Waals surface area contributed by atoms with Crippen molar-refractivity contribution in [1.82, 2.24) is 20.4 Å². The van der Waals surface area contributed by atoms with Crippen LogP contribution in [0.1, 0.15) is 18.4 Å². The van der Waals surface area contributed by atoms with E-state index in [9.17, 15) is 8.78 Å². The monoisotopic (exact) mass is 376 g/mol. The Morgan fingerprint density at radius 2 is 2.22 bits per heavy atom. The number of hydrogen-bond acceptors (Lipinski definition) is 3. The van der Waals surface area contributed by atoms with Crippen LogP contribution in [0.2, 0.25) is 0 Å². The SMILES string of the molecule is CN=C(NCCc1cc(F)ccc1F)NC1CCCN(c2cnn(C)c2)C1. The number of anilines is 1. The first kappa shape index (κ1) is 19.1. The van der Waals surface area contributed by atoms with Crippen molar-refractivity contribution >= 4 is 11.6 Å². The standard InChI is InChI=1S/C19H26F2N6/c1-22-19(23-8-7-14-10-15(20)5-6-18(14)21)25-16-4-3-9-27(12-16)17-11-24-26(2)13-17/h5-6,10-11,13,16H,3-4,7-9,12H2,1-2H3,(H2,22,23,25). The van der Waals surface area contributed by atoms with Crippen LogP contribution < -0.4 is 15.5 Å². The van der Waals surface area contributed by atoms with Crippen molar-refractivity contribution in [3.05, 3.63) is 47.8 Å². The van der Waals surface area contributed by atoms with Gasteiger partial charge in [0.2, 0.25) is 0 Å². The first-order chi connectivity index (χ1) is 13.0. The average molecular weight is 376 g/mol. The van der Waals surface area contributed by atoms with Crippen molar-refractivity contribution < 1.29 is 8.78 Å². The van der Waals surface area contributed by atoms with Crippen LogP contribution in [0.25, 0.3) is 0 Å². The van der Waals surface area contributed by atoms with Gasteiger partial charge in [0, 0.05) is 46.0 Å². The number of halogens is 2. The molecule has 1 unspecified atom stereocenters. The molecule has 27 heavy (non-hydrogen) atoms. The molecule has 1 atom stereocenters. The van der Waals surface area contributed by atoms with Crippen LogP contribution in [-0.4, -0.2) is 48.5 Å². The predicted molar refractivity (Wildman–Crippen MR) is 103 cm³/mol. The molecule has 1 aliphatic heterocycles. The summed E-state index contributed by atoms with van der Waals surface area (Å²) >= 11 is 0. The van der Waals surface area contributed by atoms with Gasteiger partial charge in [-0.25, -0.2) is 8.78 Å². The minimum atomic E-state index is -0.424. The van der Waals surface area contributed by atoms with E-state index in [1.807, 2.05) is 19.4 Å². The van der Waals surface area contributed by atoms with E-state index in [1.54, 1.807) is 11.7 Å². The molecule has 2 aromatic rings. The number of guanidine groups is 1.